The van der Waals surface area contributed by atoms with Gasteiger partial charge in [0.1, 0.15) is 5.56 Å². The Morgan fingerprint density at radius 2 is 1.74 bits per heavy atom. The van der Waals surface area contributed by atoms with E-state index in [1.54, 1.807) is 53.4 Å². The molecule has 2 N–H and O–H groups in total. The van der Waals surface area contributed by atoms with Crippen molar-refractivity contribution in [2.45, 2.75) is 13.5 Å². The molecule has 0 aliphatic heterocycles. The van der Waals surface area contributed by atoms with Gasteiger partial charge in [0, 0.05) is 22.5 Å². The molecule has 0 unspecified atom stereocenters. The van der Waals surface area contributed by atoms with Crippen LogP contribution in [0.15, 0.2) is 73.1 Å². The zero-order valence-corrected chi connectivity index (χ0v) is 15.5. The van der Waals surface area contributed by atoms with Crippen molar-refractivity contribution in [2.75, 3.05) is 10.6 Å². The van der Waals surface area contributed by atoms with Crippen LogP contribution in [0.25, 0.3) is 0 Å². The van der Waals surface area contributed by atoms with Gasteiger partial charge in [-0.05, 0) is 55.0 Å². The maximum atomic E-state index is 12.4. The molecule has 0 spiro atoms. The SMILES string of the molecule is Cc1cccc(NC(=O)c2ccc[n+](CC(=O)Nc3ccc(Cl)cc3)c2)c1. The Labute approximate surface area is 162 Å². The van der Waals surface area contributed by atoms with E-state index in [0.29, 0.717) is 16.3 Å². The van der Waals surface area contributed by atoms with E-state index in [0.717, 1.165) is 11.3 Å². The molecular weight excluding hydrogens is 362 g/mol. The maximum Gasteiger partial charge on any atom is 0.290 e. The Morgan fingerprint density at radius 3 is 2.48 bits per heavy atom. The summed E-state index contributed by atoms with van der Waals surface area (Å²) in [5, 5.41) is 6.26. The second-order valence-electron chi connectivity index (χ2n) is 6.14. The second-order valence-corrected chi connectivity index (χ2v) is 6.58. The van der Waals surface area contributed by atoms with Gasteiger partial charge in [0.05, 0.1) is 0 Å². The molecule has 3 rings (SSSR count). The van der Waals surface area contributed by atoms with Gasteiger partial charge in [-0.25, -0.2) is 0 Å². The number of pyridine rings is 1. The standard InChI is InChI=1S/C21H18ClN3O2/c1-15-4-2-6-19(12-15)24-21(27)16-5-3-11-25(13-16)14-20(26)23-18-9-7-17(22)8-10-18/h2-13H,14H2,1H3,(H-,23,24,26,27)/p+1. The van der Waals surface area contributed by atoms with Crippen molar-refractivity contribution < 1.29 is 14.2 Å². The lowest BCUT2D eigenvalue weighted by Crippen LogP contribution is -2.40. The first-order valence-electron chi connectivity index (χ1n) is 8.42. The van der Waals surface area contributed by atoms with Crippen LogP contribution in [0.1, 0.15) is 15.9 Å². The number of rotatable bonds is 5. The number of anilines is 2. The average Bonchev–Trinajstić information content (AvgIpc) is 2.64. The fraction of sp³-hybridized carbons (Fsp3) is 0.0952. The largest absolute Gasteiger partial charge is 0.322 e. The molecule has 0 saturated heterocycles. The van der Waals surface area contributed by atoms with E-state index in [2.05, 4.69) is 10.6 Å². The minimum Gasteiger partial charge on any atom is -0.322 e. The van der Waals surface area contributed by atoms with Crippen LogP contribution in [0.5, 0.6) is 0 Å². The number of aryl methyl sites for hydroxylation is 1. The summed E-state index contributed by atoms with van der Waals surface area (Å²) in [5.41, 5.74) is 2.93. The van der Waals surface area contributed by atoms with Crippen molar-refractivity contribution in [1.29, 1.82) is 0 Å². The minimum atomic E-state index is -0.229. The first-order valence-corrected chi connectivity index (χ1v) is 8.80. The predicted octanol–water partition coefficient (Wildman–Crippen LogP) is 3.83. The van der Waals surface area contributed by atoms with Crippen LogP contribution in [0.4, 0.5) is 11.4 Å². The van der Waals surface area contributed by atoms with Crippen LogP contribution in [0.2, 0.25) is 5.02 Å². The monoisotopic (exact) mass is 380 g/mol. The third-order valence-electron chi connectivity index (χ3n) is 3.85. The van der Waals surface area contributed by atoms with Gasteiger partial charge in [-0.3, -0.25) is 9.59 Å². The number of hydrogen-bond acceptors (Lipinski definition) is 2. The fourth-order valence-electron chi connectivity index (χ4n) is 2.58. The number of amides is 2. The van der Waals surface area contributed by atoms with Gasteiger partial charge in [-0.2, -0.15) is 4.57 Å². The highest BCUT2D eigenvalue weighted by atomic mass is 35.5. The summed E-state index contributed by atoms with van der Waals surface area (Å²) >= 11 is 5.84. The molecule has 0 radical (unpaired) electrons. The smallest absolute Gasteiger partial charge is 0.290 e. The Balaban J connectivity index is 1.65. The molecule has 27 heavy (non-hydrogen) atoms. The number of carbonyl (C=O) groups is 2. The lowest BCUT2D eigenvalue weighted by Gasteiger charge is -2.06. The van der Waals surface area contributed by atoms with E-state index in [1.165, 1.54) is 0 Å². The summed E-state index contributed by atoms with van der Waals surface area (Å²) in [7, 11) is 0. The lowest BCUT2D eigenvalue weighted by atomic mass is 10.2. The molecule has 0 aliphatic rings. The van der Waals surface area contributed by atoms with E-state index in [1.807, 2.05) is 31.2 Å². The molecule has 3 aromatic rings. The van der Waals surface area contributed by atoms with Crippen LogP contribution >= 0.6 is 11.6 Å². The molecule has 1 heterocycles. The van der Waals surface area contributed by atoms with Gasteiger partial charge < -0.3 is 10.6 Å². The molecule has 0 aliphatic carbocycles. The molecule has 1 aromatic heterocycles. The molecule has 0 bridgehead atoms. The number of nitrogens with zero attached hydrogens (tertiary/aromatic N) is 1. The summed E-state index contributed by atoms with van der Waals surface area (Å²) in [5.74, 6) is -0.424. The molecule has 5 nitrogen and oxygen atoms in total. The van der Waals surface area contributed by atoms with E-state index in [-0.39, 0.29) is 18.4 Å². The van der Waals surface area contributed by atoms with Gasteiger partial charge in [0.2, 0.25) is 6.54 Å². The summed E-state index contributed by atoms with van der Waals surface area (Å²) in [6.07, 6.45) is 3.39. The number of hydrogen-bond donors (Lipinski definition) is 2. The normalized spacial score (nSPS) is 10.3. The molecule has 136 valence electrons. The first-order chi connectivity index (χ1) is 13.0. The van der Waals surface area contributed by atoms with Crippen molar-refractivity contribution >= 4 is 34.8 Å². The molecule has 0 atom stereocenters. The third kappa shape index (κ3) is 5.39. The number of halogens is 1. The summed E-state index contributed by atoms with van der Waals surface area (Å²) < 4.78 is 1.66. The van der Waals surface area contributed by atoms with Gasteiger partial charge in [-0.15, -0.1) is 0 Å². The Bertz CT molecular complexity index is 971. The predicted molar refractivity (Wildman–Crippen MR) is 106 cm³/mol. The molecule has 2 amide bonds. The minimum absolute atomic E-state index is 0.0915. The highest BCUT2D eigenvalue weighted by molar-refractivity contribution is 6.30. The molecular formula is C21H19ClN3O2+. The lowest BCUT2D eigenvalue weighted by molar-refractivity contribution is -0.684. The molecule has 0 saturated carbocycles. The van der Waals surface area contributed by atoms with Gasteiger partial charge in [0.25, 0.3) is 11.8 Å². The van der Waals surface area contributed by atoms with Crippen LogP contribution < -0.4 is 15.2 Å². The Hall–Kier alpha value is -3.18. The molecule has 0 fully saturated rings. The van der Waals surface area contributed by atoms with Crippen molar-refractivity contribution in [1.82, 2.24) is 0 Å². The van der Waals surface area contributed by atoms with Crippen molar-refractivity contribution in [3.63, 3.8) is 0 Å². The number of carbonyl (C=O) groups excluding carboxylic acids is 2. The van der Waals surface area contributed by atoms with E-state index < -0.39 is 0 Å². The highest BCUT2D eigenvalue weighted by Gasteiger charge is 2.14. The number of benzene rings is 2. The zero-order valence-electron chi connectivity index (χ0n) is 14.8. The second kappa shape index (κ2) is 8.47. The molecule has 6 heteroatoms. The van der Waals surface area contributed by atoms with Crippen molar-refractivity contribution in [3.8, 4) is 0 Å². The summed E-state index contributed by atoms with van der Waals surface area (Å²) in [6, 6.07) is 17.9. The average molecular weight is 381 g/mol. The van der Waals surface area contributed by atoms with E-state index in [9.17, 15) is 9.59 Å². The number of nitrogens with one attached hydrogen (secondary N) is 2. The molecule has 2 aromatic carbocycles. The maximum absolute atomic E-state index is 12.4. The van der Waals surface area contributed by atoms with Crippen LogP contribution in [-0.2, 0) is 11.3 Å². The zero-order chi connectivity index (χ0) is 19.2. The quantitative estimate of drug-likeness (QED) is 0.661. The van der Waals surface area contributed by atoms with Crippen LogP contribution in [-0.4, -0.2) is 11.8 Å². The van der Waals surface area contributed by atoms with Crippen LogP contribution in [0.3, 0.4) is 0 Å². The van der Waals surface area contributed by atoms with E-state index >= 15 is 0 Å². The summed E-state index contributed by atoms with van der Waals surface area (Å²) in [4.78, 5) is 24.7. The highest BCUT2D eigenvalue weighted by Crippen LogP contribution is 2.13. The van der Waals surface area contributed by atoms with Crippen molar-refractivity contribution in [3.05, 3.63) is 89.2 Å². The number of aromatic nitrogens is 1. The summed E-state index contributed by atoms with van der Waals surface area (Å²) in [6.45, 7) is 2.06. The van der Waals surface area contributed by atoms with Crippen molar-refractivity contribution in [2.24, 2.45) is 0 Å². The Morgan fingerprint density at radius 1 is 0.963 bits per heavy atom. The third-order valence-corrected chi connectivity index (χ3v) is 4.10. The van der Waals surface area contributed by atoms with Crippen LogP contribution in [0, 0.1) is 6.92 Å². The fourth-order valence-corrected chi connectivity index (χ4v) is 2.71. The van der Waals surface area contributed by atoms with Gasteiger partial charge >= 0.3 is 0 Å². The van der Waals surface area contributed by atoms with E-state index in [4.69, 9.17) is 11.6 Å². The first kappa shape index (κ1) is 18.6. The topological polar surface area (TPSA) is 62.1 Å². The van der Waals surface area contributed by atoms with Gasteiger partial charge in [0.15, 0.2) is 12.4 Å². The van der Waals surface area contributed by atoms with Gasteiger partial charge in [-0.1, -0.05) is 23.7 Å². The Kier molecular flexibility index (Phi) is 5.84.